The lowest BCUT2D eigenvalue weighted by atomic mass is 10.0. The fourth-order valence-electron chi connectivity index (χ4n) is 3.49. The molecule has 1 aliphatic heterocycles. The Labute approximate surface area is 164 Å². The molecule has 2 aromatic rings. The number of tetrazole rings is 1. The van der Waals surface area contributed by atoms with Gasteiger partial charge in [0.2, 0.25) is 11.8 Å². The summed E-state index contributed by atoms with van der Waals surface area (Å²) in [6.45, 7) is 5.68. The molecule has 0 radical (unpaired) electrons. The summed E-state index contributed by atoms with van der Waals surface area (Å²) in [6, 6.07) is 7.10. The number of aryl methyl sites for hydroxylation is 1. The first kappa shape index (κ1) is 19.8. The Morgan fingerprint density at radius 1 is 1.18 bits per heavy atom. The zero-order chi connectivity index (χ0) is 20.1. The number of nitrogens with zero attached hydrogens (tertiary/aromatic N) is 6. The Hall–Kier alpha value is -2.97. The molecule has 0 bridgehead atoms. The molecular formula is C19H26N6O3. The molecular weight excluding hydrogens is 360 g/mol. The molecule has 1 atom stereocenters. The van der Waals surface area contributed by atoms with Crippen molar-refractivity contribution in [1.29, 1.82) is 0 Å². The minimum absolute atomic E-state index is 0.0383. The molecule has 2 amide bonds. The molecule has 2 heterocycles. The summed E-state index contributed by atoms with van der Waals surface area (Å²) in [7, 11) is 1.62. The highest BCUT2D eigenvalue weighted by Crippen LogP contribution is 2.21. The molecule has 1 fully saturated rings. The van der Waals surface area contributed by atoms with Gasteiger partial charge < -0.3 is 14.5 Å². The number of carbonyl (C=O) groups excluding carboxylic acids is 2. The third-order valence-corrected chi connectivity index (χ3v) is 5.05. The maximum Gasteiger partial charge on any atom is 0.247 e. The lowest BCUT2D eigenvalue weighted by Gasteiger charge is -2.26. The first-order valence-electron chi connectivity index (χ1n) is 9.41. The van der Waals surface area contributed by atoms with Gasteiger partial charge in [0.25, 0.3) is 0 Å². The van der Waals surface area contributed by atoms with Gasteiger partial charge in [-0.05, 0) is 41.5 Å². The van der Waals surface area contributed by atoms with Gasteiger partial charge in [-0.1, -0.05) is 12.1 Å². The molecule has 0 spiro atoms. The third kappa shape index (κ3) is 4.47. The fraction of sp³-hybridized carbons (Fsp3) is 0.526. The Balaban J connectivity index is 1.83. The molecule has 3 rings (SSSR count). The molecule has 1 saturated heterocycles. The van der Waals surface area contributed by atoms with E-state index < -0.39 is 6.04 Å². The first-order chi connectivity index (χ1) is 13.5. The quantitative estimate of drug-likeness (QED) is 0.756. The van der Waals surface area contributed by atoms with Crippen LogP contribution in [0, 0.1) is 6.92 Å². The normalized spacial score (nSPS) is 15.8. The maximum atomic E-state index is 13.4. The van der Waals surface area contributed by atoms with Crippen molar-refractivity contribution in [3.63, 3.8) is 0 Å². The SMILES string of the molecule is COc1cccc(CC(C(=O)N2CCCN(C(C)=O)CC2)n2nnnc2C)c1. The van der Waals surface area contributed by atoms with Gasteiger partial charge in [-0.3, -0.25) is 9.59 Å². The predicted molar refractivity (Wildman–Crippen MR) is 102 cm³/mol. The molecule has 1 aromatic heterocycles. The summed E-state index contributed by atoms with van der Waals surface area (Å²) >= 11 is 0. The van der Waals surface area contributed by atoms with Crippen LogP contribution in [0.2, 0.25) is 0 Å². The number of aromatic nitrogens is 4. The monoisotopic (exact) mass is 386 g/mol. The van der Waals surface area contributed by atoms with E-state index in [9.17, 15) is 9.59 Å². The van der Waals surface area contributed by atoms with E-state index in [1.807, 2.05) is 29.2 Å². The van der Waals surface area contributed by atoms with Gasteiger partial charge in [0.1, 0.15) is 17.6 Å². The Morgan fingerprint density at radius 3 is 2.61 bits per heavy atom. The molecule has 9 nitrogen and oxygen atoms in total. The topological polar surface area (TPSA) is 93.5 Å². The lowest BCUT2D eigenvalue weighted by molar-refractivity contribution is -0.135. The molecule has 1 aromatic carbocycles. The first-order valence-corrected chi connectivity index (χ1v) is 9.41. The van der Waals surface area contributed by atoms with E-state index in [-0.39, 0.29) is 11.8 Å². The van der Waals surface area contributed by atoms with Crippen molar-refractivity contribution in [2.75, 3.05) is 33.3 Å². The van der Waals surface area contributed by atoms with Gasteiger partial charge in [-0.2, -0.15) is 0 Å². The summed E-state index contributed by atoms with van der Waals surface area (Å²) < 4.78 is 6.88. The average Bonchev–Trinajstić information content (AvgIpc) is 2.96. The second-order valence-corrected chi connectivity index (χ2v) is 6.93. The summed E-state index contributed by atoms with van der Waals surface area (Å²) in [6.07, 6.45) is 1.21. The molecule has 0 aliphatic carbocycles. The second-order valence-electron chi connectivity index (χ2n) is 6.93. The third-order valence-electron chi connectivity index (χ3n) is 5.05. The van der Waals surface area contributed by atoms with Crippen LogP contribution in [0.1, 0.15) is 30.8 Å². The Morgan fingerprint density at radius 2 is 1.93 bits per heavy atom. The summed E-state index contributed by atoms with van der Waals surface area (Å²) in [5.41, 5.74) is 0.966. The van der Waals surface area contributed by atoms with Crippen molar-refractivity contribution in [1.82, 2.24) is 30.0 Å². The smallest absolute Gasteiger partial charge is 0.247 e. The fourth-order valence-corrected chi connectivity index (χ4v) is 3.49. The van der Waals surface area contributed by atoms with E-state index in [0.29, 0.717) is 38.4 Å². The molecule has 150 valence electrons. The van der Waals surface area contributed by atoms with Crippen LogP contribution in [0.3, 0.4) is 0 Å². The van der Waals surface area contributed by atoms with Crippen molar-refractivity contribution in [3.05, 3.63) is 35.7 Å². The van der Waals surface area contributed by atoms with Crippen LogP contribution in [-0.4, -0.2) is 75.1 Å². The van der Waals surface area contributed by atoms with Crippen LogP contribution >= 0.6 is 0 Å². The molecule has 0 saturated carbocycles. The van der Waals surface area contributed by atoms with Crippen LogP contribution in [0.25, 0.3) is 0 Å². The van der Waals surface area contributed by atoms with Gasteiger partial charge >= 0.3 is 0 Å². The van der Waals surface area contributed by atoms with E-state index in [4.69, 9.17) is 4.74 Å². The van der Waals surface area contributed by atoms with Crippen molar-refractivity contribution in [3.8, 4) is 5.75 Å². The minimum atomic E-state index is -0.550. The number of amides is 2. The maximum absolute atomic E-state index is 13.4. The average molecular weight is 386 g/mol. The molecule has 1 aliphatic rings. The van der Waals surface area contributed by atoms with Crippen LogP contribution in [0.5, 0.6) is 5.75 Å². The van der Waals surface area contributed by atoms with Crippen molar-refractivity contribution >= 4 is 11.8 Å². The van der Waals surface area contributed by atoms with Crippen LogP contribution in [0.4, 0.5) is 0 Å². The molecule has 0 N–H and O–H groups in total. The zero-order valence-electron chi connectivity index (χ0n) is 16.5. The van der Waals surface area contributed by atoms with Crippen molar-refractivity contribution in [2.24, 2.45) is 0 Å². The van der Waals surface area contributed by atoms with E-state index in [1.165, 1.54) is 0 Å². The summed E-state index contributed by atoms with van der Waals surface area (Å²) in [4.78, 5) is 28.7. The van der Waals surface area contributed by atoms with Gasteiger partial charge in [-0.25, -0.2) is 4.68 Å². The summed E-state index contributed by atoms with van der Waals surface area (Å²) in [5.74, 6) is 1.33. The number of methoxy groups -OCH3 is 1. The molecule has 1 unspecified atom stereocenters. The number of ether oxygens (including phenoxy) is 1. The lowest BCUT2D eigenvalue weighted by Crippen LogP contribution is -2.41. The van der Waals surface area contributed by atoms with Gasteiger partial charge in [0, 0.05) is 39.5 Å². The van der Waals surface area contributed by atoms with E-state index in [2.05, 4.69) is 15.5 Å². The van der Waals surface area contributed by atoms with Gasteiger partial charge in [0.15, 0.2) is 0 Å². The van der Waals surface area contributed by atoms with Crippen LogP contribution < -0.4 is 4.74 Å². The van der Waals surface area contributed by atoms with Crippen LogP contribution in [0.15, 0.2) is 24.3 Å². The van der Waals surface area contributed by atoms with Crippen LogP contribution in [-0.2, 0) is 16.0 Å². The van der Waals surface area contributed by atoms with E-state index >= 15 is 0 Å². The van der Waals surface area contributed by atoms with E-state index in [0.717, 1.165) is 17.7 Å². The Bertz CT molecular complexity index is 837. The second kappa shape index (κ2) is 8.81. The van der Waals surface area contributed by atoms with Crippen molar-refractivity contribution < 1.29 is 14.3 Å². The summed E-state index contributed by atoms with van der Waals surface area (Å²) in [5, 5.41) is 11.7. The standard InChI is InChI=1S/C19H26N6O3/c1-14-20-21-22-25(14)18(13-16-6-4-7-17(12-16)28-3)19(27)24-9-5-8-23(10-11-24)15(2)26/h4,6-7,12,18H,5,8-11,13H2,1-3H3. The molecule has 28 heavy (non-hydrogen) atoms. The number of benzene rings is 1. The largest absolute Gasteiger partial charge is 0.497 e. The number of carbonyl (C=O) groups is 2. The van der Waals surface area contributed by atoms with Gasteiger partial charge in [0.05, 0.1) is 7.11 Å². The number of hydrogen-bond acceptors (Lipinski definition) is 6. The highest BCUT2D eigenvalue weighted by molar-refractivity contribution is 5.81. The van der Waals surface area contributed by atoms with Crippen molar-refractivity contribution in [2.45, 2.75) is 32.7 Å². The molecule has 9 heteroatoms. The number of hydrogen-bond donors (Lipinski definition) is 0. The highest BCUT2D eigenvalue weighted by Gasteiger charge is 2.30. The highest BCUT2D eigenvalue weighted by atomic mass is 16.5. The predicted octanol–water partition coefficient (Wildman–Crippen LogP) is 0.855. The number of rotatable bonds is 5. The van der Waals surface area contributed by atoms with E-state index in [1.54, 1.807) is 30.5 Å². The zero-order valence-corrected chi connectivity index (χ0v) is 16.5. The Kier molecular flexibility index (Phi) is 6.23. The van der Waals surface area contributed by atoms with Gasteiger partial charge in [-0.15, -0.1) is 5.10 Å². The minimum Gasteiger partial charge on any atom is -0.497 e.